The van der Waals surface area contributed by atoms with Crippen LogP contribution in [0.2, 0.25) is 10.0 Å². The second-order valence-corrected chi connectivity index (χ2v) is 9.61. The van der Waals surface area contributed by atoms with E-state index in [4.69, 9.17) is 27.9 Å². The molecule has 1 aromatic heterocycles. The predicted octanol–water partition coefficient (Wildman–Crippen LogP) is 9.80. The van der Waals surface area contributed by atoms with Crippen molar-refractivity contribution in [1.29, 1.82) is 0 Å². The standard InChI is InChI=1S/C28H23Cl2F3N4O.C2H6/c1-17(2)15-34-35-26-24(19-5-11-22(29)12-6-19)25(20-7-13-23(30)14-8-20)27(37-36-26)38-16-18-3-9-21(10-4-18)28(31,32)33;1-2/h3-15,17H,16H2,1-2H3,(H,35,36);1-2H3/b34-15+;. The minimum absolute atomic E-state index is 0.0221. The van der Waals surface area contributed by atoms with E-state index in [9.17, 15) is 13.2 Å². The predicted molar refractivity (Wildman–Crippen MR) is 157 cm³/mol. The van der Waals surface area contributed by atoms with Crippen LogP contribution in [0.1, 0.15) is 38.8 Å². The van der Waals surface area contributed by atoms with Gasteiger partial charge < -0.3 is 4.74 Å². The van der Waals surface area contributed by atoms with Gasteiger partial charge in [0.1, 0.15) is 6.61 Å². The molecule has 10 heteroatoms. The summed E-state index contributed by atoms with van der Waals surface area (Å²) in [5, 5.41) is 14.0. The van der Waals surface area contributed by atoms with E-state index < -0.39 is 11.7 Å². The number of hydrazone groups is 1. The Labute approximate surface area is 242 Å². The number of nitrogens with one attached hydrogen (secondary N) is 1. The largest absolute Gasteiger partial charge is 0.471 e. The zero-order chi connectivity index (χ0) is 29.3. The number of hydrogen-bond donors (Lipinski definition) is 1. The van der Waals surface area contributed by atoms with Gasteiger partial charge in [0.15, 0.2) is 5.82 Å². The van der Waals surface area contributed by atoms with E-state index in [-0.39, 0.29) is 18.4 Å². The minimum Gasteiger partial charge on any atom is -0.471 e. The van der Waals surface area contributed by atoms with Crippen molar-refractivity contribution in [3.05, 3.63) is 94.0 Å². The van der Waals surface area contributed by atoms with E-state index in [0.717, 1.165) is 23.3 Å². The van der Waals surface area contributed by atoms with Crippen LogP contribution in [0.25, 0.3) is 22.3 Å². The van der Waals surface area contributed by atoms with Crippen molar-refractivity contribution in [2.24, 2.45) is 11.0 Å². The van der Waals surface area contributed by atoms with Crippen LogP contribution in [0.5, 0.6) is 5.88 Å². The molecular formula is C30H29Cl2F3N4O. The van der Waals surface area contributed by atoms with Crippen molar-refractivity contribution in [3.8, 4) is 28.1 Å². The van der Waals surface area contributed by atoms with Gasteiger partial charge in [-0.05, 0) is 59.0 Å². The van der Waals surface area contributed by atoms with Crippen molar-refractivity contribution in [2.75, 3.05) is 5.43 Å². The molecule has 3 aromatic carbocycles. The summed E-state index contributed by atoms with van der Waals surface area (Å²) in [6.45, 7) is 7.97. The normalized spacial score (nSPS) is 11.3. The van der Waals surface area contributed by atoms with Crippen molar-refractivity contribution < 1.29 is 17.9 Å². The van der Waals surface area contributed by atoms with E-state index in [1.54, 1.807) is 30.5 Å². The van der Waals surface area contributed by atoms with Gasteiger partial charge in [-0.2, -0.15) is 18.3 Å². The molecule has 0 amide bonds. The number of nitrogens with zero attached hydrogens (tertiary/aromatic N) is 3. The Kier molecular flexibility index (Phi) is 10.9. The zero-order valence-corrected chi connectivity index (χ0v) is 23.9. The maximum atomic E-state index is 13.0. The number of anilines is 1. The first-order valence-electron chi connectivity index (χ1n) is 12.6. The smallest absolute Gasteiger partial charge is 0.416 e. The topological polar surface area (TPSA) is 59.4 Å². The first-order valence-corrected chi connectivity index (χ1v) is 13.4. The molecular weight excluding hydrogens is 560 g/mol. The lowest BCUT2D eigenvalue weighted by atomic mass is 9.96. The number of halogens is 5. The van der Waals surface area contributed by atoms with Crippen LogP contribution >= 0.6 is 23.2 Å². The summed E-state index contributed by atoms with van der Waals surface area (Å²) in [5.74, 6) is 0.781. The molecule has 5 nitrogen and oxygen atoms in total. The Hall–Kier alpha value is -3.62. The Morgan fingerprint density at radius 2 is 1.35 bits per heavy atom. The molecule has 4 aromatic rings. The third kappa shape index (κ3) is 8.19. The van der Waals surface area contributed by atoms with Gasteiger partial charge >= 0.3 is 6.18 Å². The van der Waals surface area contributed by atoms with Crippen molar-refractivity contribution in [2.45, 2.75) is 40.5 Å². The summed E-state index contributed by atoms with van der Waals surface area (Å²) in [5.41, 5.74) is 5.56. The summed E-state index contributed by atoms with van der Waals surface area (Å²) in [4.78, 5) is 0. The molecule has 0 aliphatic heterocycles. The lowest BCUT2D eigenvalue weighted by Gasteiger charge is -2.18. The number of alkyl halides is 3. The van der Waals surface area contributed by atoms with Crippen molar-refractivity contribution in [3.63, 3.8) is 0 Å². The van der Waals surface area contributed by atoms with Gasteiger partial charge in [0.05, 0.1) is 11.1 Å². The summed E-state index contributed by atoms with van der Waals surface area (Å²) >= 11 is 12.3. The van der Waals surface area contributed by atoms with Gasteiger partial charge in [-0.15, -0.1) is 10.2 Å². The molecule has 4 rings (SSSR count). The van der Waals surface area contributed by atoms with Gasteiger partial charge in [-0.25, -0.2) is 0 Å². The third-order valence-electron chi connectivity index (χ3n) is 5.41. The highest BCUT2D eigenvalue weighted by molar-refractivity contribution is 6.31. The second-order valence-electron chi connectivity index (χ2n) is 8.73. The molecule has 1 heterocycles. The average molecular weight is 589 g/mol. The van der Waals surface area contributed by atoms with Crippen molar-refractivity contribution in [1.82, 2.24) is 10.2 Å². The lowest BCUT2D eigenvalue weighted by molar-refractivity contribution is -0.137. The molecule has 0 unspecified atom stereocenters. The summed E-state index contributed by atoms with van der Waals surface area (Å²) < 4.78 is 44.9. The third-order valence-corrected chi connectivity index (χ3v) is 5.91. The summed E-state index contributed by atoms with van der Waals surface area (Å²) in [7, 11) is 0. The number of benzene rings is 3. The van der Waals surface area contributed by atoms with Crippen LogP contribution in [0, 0.1) is 5.92 Å². The van der Waals surface area contributed by atoms with Crippen LogP contribution in [0.3, 0.4) is 0 Å². The lowest BCUT2D eigenvalue weighted by Crippen LogP contribution is -2.07. The summed E-state index contributed by atoms with van der Waals surface area (Å²) in [6, 6.07) is 19.1. The fourth-order valence-corrected chi connectivity index (χ4v) is 3.82. The molecule has 210 valence electrons. The van der Waals surface area contributed by atoms with E-state index in [0.29, 0.717) is 32.6 Å². The second kappa shape index (κ2) is 14.1. The van der Waals surface area contributed by atoms with Crippen LogP contribution in [0.15, 0.2) is 77.9 Å². The molecule has 0 spiro atoms. The fourth-order valence-electron chi connectivity index (χ4n) is 3.57. The van der Waals surface area contributed by atoms with Gasteiger partial charge in [-0.3, -0.25) is 5.43 Å². The molecule has 40 heavy (non-hydrogen) atoms. The molecule has 0 aliphatic carbocycles. The van der Waals surface area contributed by atoms with E-state index >= 15 is 0 Å². The molecule has 0 aliphatic rings. The monoisotopic (exact) mass is 588 g/mol. The SMILES string of the molecule is CC.CC(C)/C=N/Nc1nnc(OCc2ccc(C(F)(F)F)cc2)c(-c2ccc(Cl)cc2)c1-c1ccc(Cl)cc1. The van der Waals surface area contributed by atoms with E-state index in [1.165, 1.54) is 12.1 Å². The molecule has 0 fully saturated rings. The zero-order valence-electron chi connectivity index (χ0n) is 22.4. The highest BCUT2D eigenvalue weighted by Crippen LogP contribution is 2.42. The van der Waals surface area contributed by atoms with Gasteiger partial charge in [-0.1, -0.05) is 87.3 Å². The quantitative estimate of drug-likeness (QED) is 0.164. The highest BCUT2D eigenvalue weighted by Gasteiger charge is 2.30. The first-order chi connectivity index (χ1) is 19.1. The van der Waals surface area contributed by atoms with Crippen LogP contribution < -0.4 is 10.2 Å². The molecule has 0 radical (unpaired) electrons. The molecule has 0 bridgehead atoms. The van der Waals surface area contributed by atoms with Crippen LogP contribution in [0.4, 0.5) is 19.0 Å². The van der Waals surface area contributed by atoms with Crippen molar-refractivity contribution >= 4 is 35.2 Å². The van der Waals surface area contributed by atoms with Gasteiger partial charge in [0, 0.05) is 21.8 Å². The van der Waals surface area contributed by atoms with Crippen LogP contribution in [-0.2, 0) is 12.8 Å². The van der Waals surface area contributed by atoms with E-state index in [2.05, 4.69) is 20.7 Å². The molecule has 0 saturated carbocycles. The van der Waals surface area contributed by atoms with Gasteiger partial charge in [0.2, 0.25) is 5.88 Å². The highest BCUT2D eigenvalue weighted by atomic mass is 35.5. The number of rotatable bonds is 8. The number of aromatic nitrogens is 2. The molecule has 1 N–H and O–H groups in total. The Morgan fingerprint density at radius 3 is 1.85 bits per heavy atom. The maximum Gasteiger partial charge on any atom is 0.416 e. The average Bonchev–Trinajstić information content (AvgIpc) is 2.94. The van der Waals surface area contributed by atoms with E-state index in [1.807, 2.05) is 52.0 Å². The molecule has 0 saturated heterocycles. The fraction of sp³-hybridized carbons (Fsp3) is 0.233. The Balaban J connectivity index is 0.00000216. The first kappa shape index (κ1) is 30.9. The minimum atomic E-state index is -4.42. The number of ether oxygens (including phenoxy) is 1. The number of hydrogen-bond acceptors (Lipinski definition) is 5. The summed E-state index contributed by atoms with van der Waals surface area (Å²) in [6.07, 6.45) is -2.68. The van der Waals surface area contributed by atoms with Crippen LogP contribution in [-0.4, -0.2) is 16.4 Å². The van der Waals surface area contributed by atoms with Gasteiger partial charge in [0.25, 0.3) is 0 Å². The Bertz CT molecular complexity index is 1410. The Morgan fingerprint density at radius 1 is 0.825 bits per heavy atom. The maximum absolute atomic E-state index is 13.0. The molecule has 0 atom stereocenters.